The molecule has 5 rings (SSSR count). The molecule has 0 aliphatic heterocycles. The topological polar surface area (TPSA) is 110 Å². The Kier molecular flexibility index (Phi) is 4.67. The summed E-state index contributed by atoms with van der Waals surface area (Å²) in [5.74, 6) is 0.600. The van der Waals surface area contributed by atoms with Crippen molar-refractivity contribution in [1.29, 1.82) is 0 Å². The number of hydrogen-bond acceptors (Lipinski definition) is 6. The third-order valence-electron chi connectivity index (χ3n) is 4.77. The molecule has 3 aromatic carbocycles. The Balaban J connectivity index is 1.49. The highest BCUT2D eigenvalue weighted by Crippen LogP contribution is 2.31. The van der Waals surface area contributed by atoms with Crippen molar-refractivity contribution in [3.05, 3.63) is 60.7 Å². The van der Waals surface area contributed by atoms with E-state index in [4.69, 9.17) is 8.83 Å². The second kappa shape index (κ2) is 7.66. The van der Waals surface area contributed by atoms with Crippen LogP contribution in [0.3, 0.4) is 0 Å². The quantitative estimate of drug-likeness (QED) is 0.408. The van der Waals surface area contributed by atoms with E-state index < -0.39 is 0 Å². The van der Waals surface area contributed by atoms with Crippen molar-refractivity contribution in [3.8, 4) is 22.9 Å². The van der Waals surface area contributed by atoms with Gasteiger partial charge in [0.1, 0.15) is 11.0 Å². The van der Waals surface area contributed by atoms with Crippen molar-refractivity contribution in [3.63, 3.8) is 0 Å². The maximum Gasteiger partial charge on any atom is 0.227 e. The maximum absolute atomic E-state index is 11.3. The largest absolute Gasteiger partial charge is 0.436 e. The van der Waals surface area contributed by atoms with Crippen molar-refractivity contribution in [2.45, 2.75) is 13.8 Å². The van der Waals surface area contributed by atoms with Crippen LogP contribution in [0.25, 0.3) is 45.1 Å². The molecule has 0 saturated heterocycles. The van der Waals surface area contributed by atoms with Crippen LogP contribution in [0.1, 0.15) is 13.8 Å². The SMILES string of the molecule is CC(=O)Nc1ccc2oc(-c3cccc(-c4nc5cc(NC(C)=O)ccc5o4)c3)nc2c1. The van der Waals surface area contributed by atoms with E-state index in [1.807, 2.05) is 24.3 Å². The van der Waals surface area contributed by atoms with E-state index in [1.54, 1.807) is 36.4 Å². The minimum atomic E-state index is -0.150. The van der Waals surface area contributed by atoms with Crippen molar-refractivity contribution >= 4 is 45.4 Å². The molecule has 2 N–H and O–H groups in total. The first-order valence-corrected chi connectivity index (χ1v) is 9.92. The first-order valence-electron chi connectivity index (χ1n) is 9.92. The summed E-state index contributed by atoms with van der Waals surface area (Å²) >= 11 is 0. The molecule has 0 unspecified atom stereocenters. The first-order chi connectivity index (χ1) is 15.4. The monoisotopic (exact) mass is 426 g/mol. The summed E-state index contributed by atoms with van der Waals surface area (Å²) in [5.41, 5.74) is 5.36. The number of oxazole rings is 2. The Bertz CT molecular complexity index is 1390. The lowest BCUT2D eigenvalue weighted by Crippen LogP contribution is -2.05. The van der Waals surface area contributed by atoms with E-state index in [-0.39, 0.29) is 11.8 Å². The van der Waals surface area contributed by atoms with Crippen molar-refractivity contribution in [2.24, 2.45) is 0 Å². The molecule has 5 aromatic rings. The van der Waals surface area contributed by atoms with Crippen LogP contribution in [0.15, 0.2) is 69.5 Å². The molecular weight excluding hydrogens is 408 g/mol. The fourth-order valence-corrected chi connectivity index (χ4v) is 3.45. The van der Waals surface area contributed by atoms with Gasteiger partial charge in [-0.05, 0) is 54.6 Å². The number of amides is 2. The standard InChI is InChI=1S/C24H18N4O4/c1-13(29)25-17-6-8-21-19(11-17)27-23(31-21)15-4-3-5-16(10-15)24-28-20-12-18(26-14(2)30)7-9-22(20)32-24/h3-12H,1-2H3,(H,25,29)(H,26,30). The molecule has 158 valence electrons. The van der Waals surface area contributed by atoms with Crippen molar-refractivity contribution < 1.29 is 18.4 Å². The highest BCUT2D eigenvalue weighted by Gasteiger charge is 2.13. The zero-order valence-electron chi connectivity index (χ0n) is 17.3. The molecule has 8 heteroatoms. The lowest BCUT2D eigenvalue weighted by atomic mass is 10.1. The number of aromatic nitrogens is 2. The Labute approximate surface area is 182 Å². The molecule has 2 heterocycles. The molecular formula is C24H18N4O4. The number of rotatable bonds is 4. The van der Waals surface area contributed by atoms with Gasteiger partial charge >= 0.3 is 0 Å². The summed E-state index contributed by atoms with van der Waals surface area (Å²) in [6, 6.07) is 18.1. The van der Waals surface area contributed by atoms with Crippen LogP contribution in [-0.4, -0.2) is 21.8 Å². The van der Waals surface area contributed by atoms with Crippen LogP contribution in [0.4, 0.5) is 11.4 Å². The molecule has 0 saturated carbocycles. The van der Waals surface area contributed by atoms with Gasteiger partial charge < -0.3 is 19.5 Å². The van der Waals surface area contributed by atoms with E-state index in [0.29, 0.717) is 45.4 Å². The molecule has 0 fully saturated rings. The summed E-state index contributed by atoms with van der Waals surface area (Å²) in [6.07, 6.45) is 0. The number of anilines is 2. The third kappa shape index (κ3) is 3.81. The zero-order chi connectivity index (χ0) is 22.2. The fourth-order valence-electron chi connectivity index (χ4n) is 3.45. The van der Waals surface area contributed by atoms with Crippen molar-refractivity contribution in [2.75, 3.05) is 10.6 Å². The summed E-state index contributed by atoms with van der Waals surface area (Å²) in [6.45, 7) is 2.91. The van der Waals surface area contributed by atoms with Crippen LogP contribution in [0.5, 0.6) is 0 Å². The zero-order valence-corrected chi connectivity index (χ0v) is 17.3. The Morgan fingerprint density at radius 2 is 1.16 bits per heavy atom. The Morgan fingerprint density at radius 1 is 0.688 bits per heavy atom. The van der Waals surface area contributed by atoms with Crippen LogP contribution in [-0.2, 0) is 9.59 Å². The van der Waals surface area contributed by atoms with E-state index in [2.05, 4.69) is 20.6 Å². The lowest BCUT2D eigenvalue weighted by molar-refractivity contribution is -0.115. The predicted octanol–water partition coefficient (Wildman–Crippen LogP) is 5.22. The van der Waals surface area contributed by atoms with E-state index in [1.165, 1.54) is 13.8 Å². The van der Waals surface area contributed by atoms with Gasteiger partial charge in [-0.2, -0.15) is 0 Å². The van der Waals surface area contributed by atoms with Gasteiger partial charge in [-0.25, -0.2) is 9.97 Å². The summed E-state index contributed by atoms with van der Waals surface area (Å²) in [7, 11) is 0. The molecule has 2 amide bonds. The van der Waals surface area contributed by atoms with Gasteiger partial charge in [0.15, 0.2) is 11.2 Å². The van der Waals surface area contributed by atoms with Gasteiger partial charge in [0.25, 0.3) is 0 Å². The highest BCUT2D eigenvalue weighted by molar-refractivity contribution is 5.92. The average molecular weight is 426 g/mol. The average Bonchev–Trinajstić information content (AvgIpc) is 3.36. The lowest BCUT2D eigenvalue weighted by Gasteiger charge is -1.99. The third-order valence-corrected chi connectivity index (χ3v) is 4.77. The van der Waals surface area contributed by atoms with Crippen LogP contribution in [0.2, 0.25) is 0 Å². The smallest absolute Gasteiger partial charge is 0.227 e. The second-order valence-corrected chi connectivity index (χ2v) is 7.35. The summed E-state index contributed by atoms with van der Waals surface area (Å²) in [5, 5.41) is 5.48. The minimum Gasteiger partial charge on any atom is -0.436 e. The maximum atomic E-state index is 11.3. The fraction of sp³-hybridized carbons (Fsp3) is 0.0833. The molecule has 32 heavy (non-hydrogen) atoms. The van der Waals surface area contributed by atoms with Crippen LogP contribution < -0.4 is 10.6 Å². The Morgan fingerprint density at radius 3 is 1.59 bits per heavy atom. The van der Waals surface area contributed by atoms with E-state index in [9.17, 15) is 9.59 Å². The number of nitrogens with zero attached hydrogens (tertiary/aromatic N) is 2. The summed E-state index contributed by atoms with van der Waals surface area (Å²) < 4.78 is 11.8. The van der Waals surface area contributed by atoms with E-state index >= 15 is 0 Å². The van der Waals surface area contributed by atoms with Crippen LogP contribution in [0, 0.1) is 0 Å². The molecule has 0 radical (unpaired) electrons. The predicted molar refractivity (Wildman–Crippen MR) is 121 cm³/mol. The van der Waals surface area contributed by atoms with E-state index in [0.717, 1.165) is 11.1 Å². The number of fused-ring (bicyclic) bond motifs is 2. The Hall–Kier alpha value is -4.46. The molecule has 0 atom stereocenters. The van der Waals surface area contributed by atoms with Gasteiger partial charge in [-0.1, -0.05) is 6.07 Å². The van der Waals surface area contributed by atoms with Gasteiger partial charge in [0.2, 0.25) is 23.6 Å². The van der Waals surface area contributed by atoms with Gasteiger partial charge in [-0.3, -0.25) is 9.59 Å². The van der Waals surface area contributed by atoms with Gasteiger partial charge in [0, 0.05) is 36.3 Å². The molecule has 0 spiro atoms. The molecule has 8 nitrogen and oxygen atoms in total. The molecule has 2 aromatic heterocycles. The minimum absolute atomic E-state index is 0.150. The summed E-state index contributed by atoms with van der Waals surface area (Å²) in [4.78, 5) is 31.7. The van der Waals surface area contributed by atoms with Gasteiger partial charge in [0.05, 0.1) is 0 Å². The number of nitrogens with one attached hydrogen (secondary N) is 2. The van der Waals surface area contributed by atoms with Crippen molar-refractivity contribution in [1.82, 2.24) is 9.97 Å². The normalized spacial score (nSPS) is 11.1. The van der Waals surface area contributed by atoms with Crippen LogP contribution >= 0.6 is 0 Å². The number of hydrogen-bond donors (Lipinski definition) is 2. The second-order valence-electron chi connectivity index (χ2n) is 7.35. The van der Waals surface area contributed by atoms with Gasteiger partial charge in [-0.15, -0.1) is 0 Å². The molecule has 0 aliphatic carbocycles. The molecule has 0 aliphatic rings. The first kappa shape index (κ1) is 19.5. The number of carbonyl (C=O) groups excluding carboxylic acids is 2. The highest BCUT2D eigenvalue weighted by atomic mass is 16.4. The number of benzene rings is 3. The molecule has 0 bridgehead atoms. The number of carbonyl (C=O) groups is 2.